The minimum Gasteiger partial charge on any atom is -0.466 e. The summed E-state index contributed by atoms with van der Waals surface area (Å²) in [6, 6.07) is 0.155. The van der Waals surface area contributed by atoms with Crippen LogP contribution < -0.4 is 0 Å². The Hall–Kier alpha value is -1.10. The van der Waals surface area contributed by atoms with E-state index in [1.54, 1.807) is 14.0 Å². The zero-order valence-electron chi connectivity index (χ0n) is 11.9. The lowest BCUT2D eigenvalue weighted by Crippen LogP contribution is -2.55. The summed E-state index contributed by atoms with van der Waals surface area (Å²) in [4.78, 5) is 25.9. The Balaban J connectivity index is 2.17. The number of carbonyl (C=O) groups excluding carboxylic acids is 2. The predicted octanol–water partition coefficient (Wildman–Crippen LogP) is 1.21. The first-order valence-corrected chi connectivity index (χ1v) is 7.03. The molecule has 0 spiro atoms. The van der Waals surface area contributed by atoms with Gasteiger partial charge in [0.2, 0.25) is 5.91 Å². The molecule has 19 heavy (non-hydrogen) atoms. The van der Waals surface area contributed by atoms with Gasteiger partial charge in [-0.2, -0.15) is 0 Å². The smallest absolute Gasteiger partial charge is 0.309 e. The Morgan fingerprint density at radius 2 is 2.16 bits per heavy atom. The summed E-state index contributed by atoms with van der Waals surface area (Å²) in [5, 5.41) is 0. The van der Waals surface area contributed by atoms with Crippen LogP contribution in [0.2, 0.25) is 0 Å². The van der Waals surface area contributed by atoms with Gasteiger partial charge in [0.1, 0.15) is 0 Å². The first-order chi connectivity index (χ1) is 9.08. The molecule has 0 aromatic heterocycles. The molecule has 1 saturated carbocycles. The lowest BCUT2D eigenvalue weighted by atomic mass is 9.71. The Labute approximate surface area is 114 Å². The van der Waals surface area contributed by atoms with Crippen molar-refractivity contribution in [2.75, 3.05) is 20.8 Å². The monoisotopic (exact) mass is 269 g/mol. The third-order valence-corrected chi connectivity index (χ3v) is 4.54. The number of fused-ring (bicyclic) bond motifs is 1. The van der Waals surface area contributed by atoms with Crippen LogP contribution in [0, 0.1) is 11.8 Å². The second-order valence-electron chi connectivity index (χ2n) is 5.47. The SMILES string of the molecule is CCOC(=O)C1CC(=O)N(C)C2CCC(OC)CC12. The molecule has 0 aromatic rings. The Morgan fingerprint density at radius 3 is 2.79 bits per heavy atom. The topological polar surface area (TPSA) is 55.8 Å². The molecule has 5 nitrogen and oxygen atoms in total. The van der Waals surface area contributed by atoms with Crippen LogP contribution in [0.3, 0.4) is 0 Å². The largest absolute Gasteiger partial charge is 0.466 e. The zero-order valence-corrected chi connectivity index (χ0v) is 11.9. The normalized spacial score (nSPS) is 34.9. The molecule has 0 radical (unpaired) electrons. The standard InChI is InChI=1S/C14H23NO4/c1-4-19-14(17)11-8-13(16)15(2)12-6-5-9(18-3)7-10(11)12/h9-12H,4-8H2,1-3H3. The van der Waals surface area contributed by atoms with Gasteiger partial charge in [0.05, 0.1) is 18.6 Å². The molecule has 4 unspecified atom stereocenters. The van der Waals surface area contributed by atoms with Crippen LogP contribution in [-0.4, -0.2) is 49.7 Å². The fourth-order valence-electron chi connectivity index (χ4n) is 3.45. The van der Waals surface area contributed by atoms with Crippen molar-refractivity contribution in [3.63, 3.8) is 0 Å². The van der Waals surface area contributed by atoms with E-state index in [9.17, 15) is 9.59 Å². The number of piperidine rings is 1. The molecule has 5 heteroatoms. The van der Waals surface area contributed by atoms with Crippen molar-refractivity contribution in [1.82, 2.24) is 4.90 Å². The van der Waals surface area contributed by atoms with E-state index in [2.05, 4.69) is 0 Å². The number of hydrogen-bond donors (Lipinski definition) is 0. The molecule has 0 bridgehead atoms. The Bertz CT molecular complexity index is 357. The number of rotatable bonds is 3. The van der Waals surface area contributed by atoms with E-state index in [0.717, 1.165) is 19.3 Å². The van der Waals surface area contributed by atoms with E-state index >= 15 is 0 Å². The summed E-state index contributed by atoms with van der Waals surface area (Å²) in [5.41, 5.74) is 0. The van der Waals surface area contributed by atoms with Crippen molar-refractivity contribution in [3.8, 4) is 0 Å². The summed E-state index contributed by atoms with van der Waals surface area (Å²) >= 11 is 0. The molecule has 2 rings (SSSR count). The first kappa shape index (κ1) is 14.3. The number of ether oxygens (including phenoxy) is 2. The van der Waals surface area contributed by atoms with E-state index < -0.39 is 0 Å². The minimum absolute atomic E-state index is 0.0511. The number of likely N-dealkylation sites (tertiary alicyclic amines) is 1. The van der Waals surface area contributed by atoms with Crippen molar-refractivity contribution < 1.29 is 19.1 Å². The highest BCUT2D eigenvalue weighted by Gasteiger charge is 2.47. The van der Waals surface area contributed by atoms with Crippen molar-refractivity contribution in [3.05, 3.63) is 0 Å². The number of hydrogen-bond acceptors (Lipinski definition) is 4. The van der Waals surface area contributed by atoms with Gasteiger partial charge in [-0.05, 0) is 32.1 Å². The molecule has 0 N–H and O–H groups in total. The van der Waals surface area contributed by atoms with Gasteiger partial charge in [-0.15, -0.1) is 0 Å². The molecule has 0 aromatic carbocycles. The summed E-state index contributed by atoms with van der Waals surface area (Å²) < 4.78 is 10.6. The lowest BCUT2D eigenvalue weighted by Gasteiger charge is -2.47. The fraction of sp³-hybridized carbons (Fsp3) is 0.857. The van der Waals surface area contributed by atoms with Gasteiger partial charge in [-0.25, -0.2) is 0 Å². The minimum atomic E-state index is -0.299. The third kappa shape index (κ3) is 2.76. The second-order valence-corrected chi connectivity index (χ2v) is 5.47. The molecule has 1 aliphatic carbocycles. The number of methoxy groups -OCH3 is 1. The lowest BCUT2D eigenvalue weighted by molar-refractivity contribution is -0.163. The van der Waals surface area contributed by atoms with E-state index in [4.69, 9.17) is 9.47 Å². The number of carbonyl (C=O) groups is 2. The van der Waals surface area contributed by atoms with Crippen LogP contribution in [0.4, 0.5) is 0 Å². The van der Waals surface area contributed by atoms with Crippen LogP contribution >= 0.6 is 0 Å². The molecular formula is C14H23NO4. The van der Waals surface area contributed by atoms with Crippen molar-refractivity contribution >= 4 is 11.9 Å². The number of esters is 1. The summed E-state index contributed by atoms with van der Waals surface area (Å²) in [6.07, 6.45) is 3.15. The quantitative estimate of drug-likeness (QED) is 0.723. The second kappa shape index (κ2) is 5.90. The summed E-state index contributed by atoms with van der Waals surface area (Å²) in [6.45, 7) is 2.16. The zero-order chi connectivity index (χ0) is 14.0. The van der Waals surface area contributed by atoms with E-state index in [0.29, 0.717) is 6.61 Å². The molecule has 1 amide bonds. The average molecular weight is 269 g/mol. The van der Waals surface area contributed by atoms with Crippen LogP contribution in [0.1, 0.15) is 32.6 Å². The molecular weight excluding hydrogens is 246 g/mol. The van der Waals surface area contributed by atoms with E-state index in [-0.39, 0.29) is 42.3 Å². The maximum atomic E-state index is 12.1. The van der Waals surface area contributed by atoms with Crippen LogP contribution in [0.25, 0.3) is 0 Å². The molecule has 1 saturated heterocycles. The maximum absolute atomic E-state index is 12.1. The molecule has 2 aliphatic rings. The third-order valence-electron chi connectivity index (χ3n) is 4.54. The molecule has 4 atom stereocenters. The molecule has 108 valence electrons. The van der Waals surface area contributed by atoms with Crippen molar-refractivity contribution in [2.24, 2.45) is 11.8 Å². The number of amides is 1. The average Bonchev–Trinajstić information content (AvgIpc) is 2.42. The van der Waals surface area contributed by atoms with Crippen molar-refractivity contribution in [2.45, 2.75) is 44.8 Å². The highest BCUT2D eigenvalue weighted by atomic mass is 16.5. The number of nitrogens with zero attached hydrogens (tertiary/aromatic N) is 1. The Morgan fingerprint density at radius 1 is 1.42 bits per heavy atom. The van der Waals surface area contributed by atoms with Crippen LogP contribution in [0.15, 0.2) is 0 Å². The van der Waals surface area contributed by atoms with E-state index in [1.807, 2.05) is 11.9 Å². The van der Waals surface area contributed by atoms with Crippen LogP contribution in [0.5, 0.6) is 0 Å². The van der Waals surface area contributed by atoms with Crippen LogP contribution in [-0.2, 0) is 19.1 Å². The van der Waals surface area contributed by atoms with E-state index in [1.165, 1.54) is 0 Å². The highest BCUT2D eigenvalue weighted by Crippen LogP contribution is 2.40. The maximum Gasteiger partial charge on any atom is 0.309 e. The van der Waals surface area contributed by atoms with Gasteiger partial charge >= 0.3 is 5.97 Å². The molecule has 1 aliphatic heterocycles. The predicted molar refractivity (Wildman–Crippen MR) is 69.4 cm³/mol. The molecule has 1 heterocycles. The van der Waals surface area contributed by atoms with Gasteiger partial charge in [0.15, 0.2) is 0 Å². The van der Waals surface area contributed by atoms with Gasteiger partial charge < -0.3 is 14.4 Å². The first-order valence-electron chi connectivity index (χ1n) is 7.03. The summed E-state index contributed by atoms with van der Waals surface area (Å²) in [5.74, 6) is -0.307. The van der Waals surface area contributed by atoms with Gasteiger partial charge in [0.25, 0.3) is 0 Å². The Kier molecular flexibility index (Phi) is 4.45. The van der Waals surface area contributed by atoms with Gasteiger partial charge in [-0.3, -0.25) is 9.59 Å². The van der Waals surface area contributed by atoms with Gasteiger partial charge in [-0.1, -0.05) is 0 Å². The van der Waals surface area contributed by atoms with Gasteiger partial charge in [0, 0.05) is 26.6 Å². The highest BCUT2D eigenvalue weighted by molar-refractivity contribution is 5.85. The summed E-state index contributed by atoms with van der Waals surface area (Å²) in [7, 11) is 3.55. The fourth-order valence-corrected chi connectivity index (χ4v) is 3.45. The van der Waals surface area contributed by atoms with Crippen molar-refractivity contribution in [1.29, 1.82) is 0 Å². The molecule has 2 fully saturated rings.